The third-order valence-electron chi connectivity index (χ3n) is 5.79. The molecule has 202 valence electrons. The Bertz CT molecular complexity index is 1040. The van der Waals surface area contributed by atoms with Gasteiger partial charge < -0.3 is 25.7 Å². The monoisotopic (exact) mass is 518 g/mol. The highest BCUT2D eigenvalue weighted by molar-refractivity contribution is 7.57. The Hall–Kier alpha value is -1.54. The van der Waals surface area contributed by atoms with Crippen LogP contribution in [0, 0.1) is 0 Å². The van der Waals surface area contributed by atoms with Gasteiger partial charge in [-0.3, -0.25) is 4.57 Å². The maximum Gasteiger partial charge on any atom is 0.225 e. The molecule has 2 atom stereocenters. The number of ether oxygens (including phenoxy) is 1. The van der Waals surface area contributed by atoms with Crippen molar-refractivity contribution in [1.29, 1.82) is 0 Å². The maximum absolute atomic E-state index is 12.7. The van der Waals surface area contributed by atoms with Crippen LogP contribution in [0.25, 0.3) is 11.2 Å². The number of imidazole rings is 1. The van der Waals surface area contributed by atoms with Gasteiger partial charge in [-0.1, -0.05) is 83.9 Å². The number of rotatable bonds is 20. The molecular formula is C25H50N6O3P+. The summed E-state index contributed by atoms with van der Waals surface area (Å²) >= 11 is 0. The number of nitrogens with zero attached hydrogens (tertiary/aromatic N) is 4. The largest absolute Gasteiger partial charge is 0.382 e. The second-order valence-corrected chi connectivity index (χ2v) is 11.6. The van der Waals surface area contributed by atoms with Crippen molar-refractivity contribution in [1.82, 2.24) is 25.7 Å². The molecule has 2 heterocycles. The topological polar surface area (TPSA) is 142 Å². The van der Waals surface area contributed by atoms with E-state index in [1.54, 1.807) is 13.0 Å². The molecule has 0 spiro atoms. The van der Waals surface area contributed by atoms with Crippen molar-refractivity contribution >= 4 is 24.4 Å². The molecule has 10 heteroatoms. The first-order valence-electron chi connectivity index (χ1n) is 15.1. The first kappa shape index (κ1) is 23.8. The Morgan fingerprint density at radius 2 is 1.63 bits per heavy atom. The summed E-state index contributed by atoms with van der Waals surface area (Å²) in [6, 6.07) is 0. The molecule has 0 amide bonds. The average Bonchev–Trinajstić information content (AvgIpc) is 3.26. The van der Waals surface area contributed by atoms with Crippen molar-refractivity contribution in [2.75, 3.05) is 25.4 Å². The molecule has 2 rings (SSSR count). The van der Waals surface area contributed by atoms with E-state index in [0.717, 1.165) is 44.9 Å². The standard InChI is InChI=1S/C25H46N5O3P.H3N/c1-4-5-6-7-8-9-10-11-12-13-14-15-16-17-33-34(3,31)21-32-22(2)18-30-20-29-23-24(26)27-19-28-25(23)30;/h19-20,22H,4-18,21H2,1-3H3,(H2,26,27,28);1H3/p+1/t22-,34?;/m1./s1/i1D3,4D2;. The van der Waals surface area contributed by atoms with Crippen molar-refractivity contribution in [3.05, 3.63) is 12.7 Å². The number of fused-ring (bicyclic) bond motifs is 1. The highest BCUT2D eigenvalue weighted by Crippen LogP contribution is 2.42. The molecule has 0 aromatic carbocycles. The van der Waals surface area contributed by atoms with E-state index in [1.165, 1.54) is 25.6 Å². The first-order chi connectivity index (χ1) is 18.3. The van der Waals surface area contributed by atoms with Gasteiger partial charge in [0, 0.05) is 13.5 Å². The lowest BCUT2D eigenvalue weighted by atomic mass is 10.0. The molecule has 0 bridgehead atoms. The Labute approximate surface area is 219 Å². The fourth-order valence-corrected chi connectivity index (χ4v) is 4.94. The number of anilines is 1. The van der Waals surface area contributed by atoms with Crippen LogP contribution < -0.4 is 11.9 Å². The normalized spacial score (nSPS) is 16.9. The molecule has 1 unspecified atom stereocenters. The molecule has 6 N–H and O–H groups in total. The van der Waals surface area contributed by atoms with Crippen molar-refractivity contribution in [3.63, 3.8) is 0 Å². The van der Waals surface area contributed by atoms with E-state index in [-0.39, 0.29) is 25.0 Å². The van der Waals surface area contributed by atoms with E-state index in [9.17, 15) is 4.57 Å². The lowest BCUT2D eigenvalue weighted by Crippen LogP contribution is -2.17. The van der Waals surface area contributed by atoms with E-state index in [2.05, 4.69) is 15.0 Å². The summed E-state index contributed by atoms with van der Waals surface area (Å²) < 4.78 is 63.0. The van der Waals surface area contributed by atoms with Gasteiger partial charge in [-0.05, 0) is 13.3 Å². The van der Waals surface area contributed by atoms with Crippen LogP contribution in [0.1, 0.15) is 104 Å². The zero-order chi connectivity index (χ0) is 28.9. The van der Waals surface area contributed by atoms with Gasteiger partial charge in [-0.2, -0.15) is 0 Å². The average molecular weight is 519 g/mol. The van der Waals surface area contributed by atoms with E-state index in [0.29, 0.717) is 36.6 Å². The fraction of sp³-hybridized carbons (Fsp3) is 0.800. The highest BCUT2D eigenvalue weighted by atomic mass is 31.2. The molecular weight excluding hydrogens is 463 g/mol. The molecule has 35 heavy (non-hydrogen) atoms. The number of aromatic nitrogens is 4. The Kier molecular flexibility index (Phi) is 12.1. The van der Waals surface area contributed by atoms with E-state index >= 15 is 0 Å². The van der Waals surface area contributed by atoms with Crippen LogP contribution in [0.3, 0.4) is 0 Å². The van der Waals surface area contributed by atoms with Crippen LogP contribution >= 0.6 is 7.37 Å². The van der Waals surface area contributed by atoms with Crippen LogP contribution in [0.15, 0.2) is 12.7 Å². The van der Waals surface area contributed by atoms with E-state index < -0.39 is 20.6 Å². The van der Waals surface area contributed by atoms with E-state index in [4.69, 9.17) is 21.8 Å². The van der Waals surface area contributed by atoms with Crippen molar-refractivity contribution in [2.24, 2.45) is 0 Å². The summed E-state index contributed by atoms with van der Waals surface area (Å²) in [5.74, 6) is 0.334. The summed E-state index contributed by atoms with van der Waals surface area (Å²) in [7, 11) is -2.83. The third kappa shape index (κ3) is 12.8. The van der Waals surface area contributed by atoms with Gasteiger partial charge >= 0.3 is 0 Å². The number of unbranched alkanes of at least 4 members (excludes halogenated alkanes) is 10. The van der Waals surface area contributed by atoms with Crippen molar-refractivity contribution < 1.29 is 20.7 Å². The number of nitrogen functional groups attached to an aromatic ring is 1. The predicted octanol–water partition coefficient (Wildman–Crippen LogP) is 7.16. The molecule has 0 aliphatic rings. The molecule has 0 saturated carbocycles. The van der Waals surface area contributed by atoms with Gasteiger partial charge in [-0.25, -0.2) is 15.0 Å². The van der Waals surface area contributed by atoms with Crippen LogP contribution in [0.5, 0.6) is 0 Å². The Morgan fingerprint density at radius 1 is 1.03 bits per heavy atom. The first-order valence-corrected chi connectivity index (χ1v) is 14.8. The minimum atomic E-state index is -2.83. The SMILES string of the molecule is [2H]C([2H])([2H])C([2H])([2H])CCCCCCCCCCCCCOP(C)(=O)CO[C@H](C)Cn1cnc2c(N)ncnc21.[NH4+]. The summed E-state index contributed by atoms with van der Waals surface area (Å²) in [6.07, 6.45) is 12.3. The molecule has 0 aliphatic heterocycles. The van der Waals surface area contributed by atoms with Gasteiger partial charge in [-0.15, -0.1) is 0 Å². The summed E-state index contributed by atoms with van der Waals surface area (Å²) in [6.45, 7) is 1.95. The van der Waals surface area contributed by atoms with E-state index in [1.807, 2.05) is 11.5 Å². The van der Waals surface area contributed by atoms with Gasteiger partial charge in [0.2, 0.25) is 7.37 Å². The minimum Gasteiger partial charge on any atom is -0.382 e. The smallest absolute Gasteiger partial charge is 0.225 e. The highest BCUT2D eigenvalue weighted by Gasteiger charge is 2.19. The Morgan fingerprint density at radius 3 is 2.26 bits per heavy atom. The lowest BCUT2D eigenvalue weighted by molar-refractivity contribution is 0.0799. The van der Waals surface area contributed by atoms with Crippen LogP contribution in [-0.4, -0.2) is 45.2 Å². The number of quaternary nitrogens is 1. The van der Waals surface area contributed by atoms with Gasteiger partial charge in [0.1, 0.15) is 18.2 Å². The van der Waals surface area contributed by atoms with Crippen molar-refractivity contribution in [2.45, 2.75) is 110 Å². The molecule has 0 radical (unpaired) electrons. The van der Waals surface area contributed by atoms with Crippen LogP contribution in [0.4, 0.5) is 5.82 Å². The number of hydrogen-bond acceptors (Lipinski definition) is 7. The molecule has 0 aliphatic carbocycles. The lowest BCUT2D eigenvalue weighted by Gasteiger charge is -2.18. The van der Waals surface area contributed by atoms with Crippen molar-refractivity contribution in [3.8, 4) is 0 Å². The molecule has 2 aromatic rings. The number of hydrogen-bond donors (Lipinski definition) is 2. The van der Waals surface area contributed by atoms with Gasteiger partial charge in [0.05, 0.1) is 25.6 Å². The summed E-state index contributed by atoms with van der Waals surface area (Å²) in [5.41, 5.74) is 7.02. The molecule has 0 saturated heterocycles. The fourth-order valence-electron chi connectivity index (χ4n) is 3.83. The molecule has 0 fully saturated rings. The second-order valence-electron chi connectivity index (χ2n) is 9.10. The summed E-state index contributed by atoms with van der Waals surface area (Å²) in [4.78, 5) is 12.4. The molecule has 2 aromatic heterocycles. The predicted molar refractivity (Wildman–Crippen MR) is 146 cm³/mol. The minimum absolute atomic E-state index is 0. The van der Waals surface area contributed by atoms with Gasteiger partial charge in [0.15, 0.2) is 11.5 Å². The number of nitrogens with two attached hydrogens (primary N) is 1. The maximum atomic E-state index is 12.7. The third-order valence-corrected chi connectivity index (χ3v) is 7.13. The van der Waals surface area contributed by atoms with Crippen LogP contribution in [-0.2, 0) is 20.4 Å². The summed E-state index contributed by atoms with van der Waals surface area (Å²) in [5, 5.41) is 0. The zero-order valence-corrected chi connectivity index (χ0v) is 22.8. The zero-order valence-electron chi connectivity index (χ0n) is 26.9. The van der Waals surface area contributed by atoms with Gasteiger partial charge in [0.25, 0.3) is 0 Å². The quantitative estimate of drug-likeness (QED) is 0.140. The Balaban J connectivity index is 0.00000800. The molecule has 9 nitrogen and oxygen atoms in total. The second kappa shape index (κ2) is 17.8. The van der Waals surface area contributed by atoms with Crippen LogP contribution in [0.2, 0.25) is 0 Å².